The lowest BCUT2D eigenvalue weighted by atomic mass is 9.96. The van der Waals surface area contributed by atoms with Crippen molar-refractivity contribution < 1.29 is 141 Å². The Hall–Kier alpha value is -13.8. The van der Waals surface area contributed by atoms with Gasteiger partial charge in [-0.15, -0.1) is 0 Å². The molecule has 45 nitrogen and oxygen atoms in total. The number of rotatable bonds is 30. The fourth-order valence-corrected chi connectivity index (χ4v) is 10.6. The van der Waals surface area contributed by atoms with E-state index in [1.54, 1.807) is 30.3 Å². The van der Waals surface area contributed by atoms with Gasteiger partial charge in [-0.3, -0.25) is 86.3 Å². The number of esters is 1. The van der Waals surface area contributed by atoms with Gasteiger partial charge < -0.3 is 126 Å². The highest BCUT2D eigenvalue weighted by Crippen LogP contribution is 2.18. The summed E-state index contributed by atoms with van der Waals surface area (Å²) in [4.78, 5) is 282. The summed E-state index contributed by atoms with van der Waals surface area (Å²) in [5, 5.41) is 86.4. The lowest BCUT2D eigenvalue weighted by Crippen LogP contribution is -2.61. The predicted octanol–water partition coefficient (Wildman–Crippen LogP) is -7.74. The van der Waals surface area contributed by atoms with Crippen LogP contribution in [0.25, 0.3) is 0 Å². The van der Waals surface area contributed by atoms with E-state index >= 15 is 0 Å². The normalized spacial score (nSPS) is 21.1. The third-order valence-corrected chi connectivity index (χ3v) is 16.6. The molecule has 0 aromatic heterocycles. The number of nitrogen functional groups attached to an aromatic ring is 1. The number of ketones is 1. The number of aliphatic hydroxyl groups excluding tert-OH is 1. The Morgan fingerprint density at radius 1 is 0.553 bits per heavy atom. The summed E-state index contributed by atoms with van der Waals surface area (Å²) in [5.41, 5.74) is 17.8. The molecule has 3 aromatic carbocycles. The summed E-state index contributed by atoms with van der Waals surface area (Å²) in [7, 11) is 0. The summed E-state index contributed by atoms with van der Waals surface area (Å²) in [5.74, 6) is -31.3. The van der Waals surface area contributed by atoms with Crippen molar-refractivity contribution in [2.24, 2.45) is 17.4 Å². The maximum atomic E-state index is 14.8. The molecule has 4 rings (SSSR count). The van der Waals surface area contributed by atoms with Crippen molar-refractivity contribution in [3.8, 4) is 0 Å². The van der Waals surface area contributed by atoms with Gasteiger partial charge in [0, 0.05) is 24.2 Å². The van der Waals surface area contributed by atoms with Crippen LogP contribution in [0.3, 0.4) is 0 Å². The fraction of sp³-hybridized carbons (Fsp3) is 0.435. The average Bonchev–Trinajstić information content (AvgIpc) is 0.839. The number of anilines is 1. The number of cyclic esters (lactones) is 1. The van der Waals surface area contributed by atoms with E-state index in [0.717, 1.165) is 20.8 Å². The molecule has 25 N–H and O–H groups in total. The number of nitrogens with one attached hydrogen (secondary N) is 13. The first kappa shape index (κ1) is 92.6. The van der Waals surface area contributed by atoms with Gasteiger partial charge in [-0.25, -0.2) is 14.4 Å². The molecule has 0 saturated carbocycles. The highest BCUT2D eigenvalue weighted by molar-refractivity contribution is 6.05. The van der Waals surface area contributed by atoms with Crippen molar-refractivity contribution in [2.45, 2.75) is 158 Å². The monoisotopic (exact) mass is 1600 g/mol. The van der Waals surface area contributed by atoms with E-state index < -0.39 is 268 Å². The Morgan fingerprint density at radius 2 is 1.09 bits per heavy atom. The maximum Gasteiger partial charge on any atom is 0.407 e. The second-order valence-corrected chi connectivity index (χ2v) is 25.7. The van der Waals surface area contributed by atoms with Gasteiger partial charge in [-0.1, -0.05) is 61.5 Å². The van der Waals surface area contributed by atoms with E-state index in [2.05, 4.69) is 42.5 Å². The van der Waals surface area contributed by atoms with Crippen molar-refractivity contribution in [1.29, 1.82) is 0 Å². The molecular formula is C69H88N16O29. The van der Waals surface area contributed by atoms with E-state index in [1.165, 1.54) is 48.5 Å². The van der Waals surface area contributed by atoms with Gasteiger partial charge in [0.25, 0.3) is 0 Å². The molecule has 0 spiro atoms. The minimum Gasteiger partial charge on any atom is -0.481 e. The van der Waals surface area contributed by atoms with Gasteiger partial charge in [0.1, 0.15) is 73.1 Å². The van der Waals surface area contributed by atoms with Crippen LogP contribution in [0.15, 0.2) is 78.9 Å². The van der Waals surface area contributed by atoms with Gasteiger partial charge in [0.05, 0.1) is 63.4 Å². The minimum atomic E-state index is -2.50. The molecule has 1 heterocycles. The zero-order valence-electron chi connectivity index (χ0n) is 61.2. The molecule has 13 atom stereocenters. The summed E-state index contributed by atoms with van der Waals surface area (Å²) in [6.07, 6.45) is -11.5. The summed E-state index contributed by atoms with van der Waals surface area (Å²) in [6.45, 7) is -1.52. The average molecular weight is 1610 g/mol. The lowest BCUT2D eigenvalue weighted by Gasteiger charge is -2.30. The molecule has 114 heavy (non-hydrogen) atoms. The number of hydrogen-bond acceptors (Lipinski definition) is 26. The van der Waals surface area contributed by atoms with E-state index in [4.69, 9.17) is 26.7 Å². The summed E-state index contributed by atoms with van der Waals surface area (Å²) < 4.78 is 10.8. The van der Waals surface area contributed by atoms with Crippen molar-refractivity contribution in [3.63, 3.8) is 0 Å². The molecule has 0 bridgehead atoms. The van der Waals surface area contributed by atoms with Gasteiger partial charge in [0.2, 0.25) is 76.8 Å². The number of nitrogens with two attached hydrogens (primary N) is 3. The van der Waals surface area contributed by atoms with Crippen LogP contribution in [0.4, 0.5) is 10.5 Å². The summed E-state index contributed by atoms with van der Waals surface area (Å²) >= 11 is 0. The Balaban J connectivity index is 1.90. The Kier molecular flexibility index (Phi) is 36.9. The van der Waals surface area contributed by atoms with Crippen LogP contribution >= 0.6 is 0 Å². The van der Waals surface area contributed by atoms with Crippen LogP contribution in [0, 0.1) is 5.92 Å². The molecule has 0 unspecified atom stereocenters. The first-order valence-corrected chi connectivity index (χ1v) is 34.6. The minimum absolute atomic E-state index is 0.133. The maximum absolute atomic E-state index is 14.8. The Labute approximate surface area is 646 Å². The van der Waals surface area contributed by atoms with Crippen LogP contribution < -0.4 is 86.3 Å². The van der Waals surface area contributed by atoms with Crippen molar-refractivity contribution in [3.05, 3.63) is 101 Å². The molecule has 0 radical (unpaired) electrons. The first-order chi connectivity index (χ1) is 53.7. The van der Waals surface area contributed by atoms with E-state index in [0.29, 0.717) is 11.1 Å². The highest BCUT2D eigenvalue weighted by atomic mass is 16.6. The van der Waals surface area contributed by atoms with Gasteiger partial charge in [0.15, 0.2) is 5.78 Å². The molecule has 1 saturated heterocycles. The number of carboxylic acids is 5. The van der Waals surface area contributed by atoms with Crippen LogP contribution in [0.5, 0.6) is 0 Å². The van der Waals surface area contributed by atoms with Crippen molar-refractivity contribution in [1.82, 2.24) is 69.1 Å². The van der Waals surface area contributed by atoms with Crippen molar-refractivity contribution >= 4 is 130 Å². The fourth-order valence-electron chi connectivity index (χ4n) is 10.6. The third kappa shape index (κ3) is 31.7. The smallest absolute Gasteiger partial charge is 0.407 e. The van der Waals surface area contributed by atoms with Gasteiger partial charge in [-0.05, 0) is 74.4 Å². The SMILES string of the molecule is C[C@H](CC(=O)O)[C@@H]1NC(=O)[C@@H](CO)NC(=O)CNC(=O)[C@H](CC(=O)O)NC(=O)[C@@H](C)NC(=O)[C@H](CC(=O)O)NC(=O)[C@H](CCCNC(=O)OCc2ccccc2)NC(=O)CNC(=O)[C@@H](NC(=O)[C@H](CC(=O)O)NC(=O)[C@@H](CC(N)=O)NC(=O)[C@@H](N)Cc2ccc(C(=O)O)cc2)[C@@H](C)OC(=O)[C@H](CC(=O)c2ccccc2N)NC1=O. The molecule has 0 aliphatic carbocycles. The zero-order valence-corrected chi connectivity index (χ0v) is 61.2. The molecule has 3 aromatic rings. The Morgan fingerprint density at radius 3 is 1.67 bits per heavy atom. The largest absolute Gasteiger partial charge is 0.481 e. The number of carboxylic acid groups (broad SMARTS) is 5. The number of carbonyl (C=O) groups is 21. The van der Waals surface area contributed by atoms with Crippen molar-refractivity contribution in [2.75, 3.05) is 32.0 Å². The number of amides is 14. The third-order valence-electron chi connectivity index (χ3n) is 16.6. The van der Waals surface area contributed by atoms with E-state index in [1.807, 2.05) is 26.6 Å². The Bertz CT molecular complexity index is 4090. The number of primary amides is 1. The zero-order chi connectivity index (χ0) is 85.2. The second kappa shape index (κ2) is 45.4. The van der Waals surface area contributed by atoms with Crippen LogP contribution in [-0.4, -0.2) is 254 Å². The number of hydrogen-bond donors (Lipinski definition) is 22. The van der Waals surface area contributed by atoms with E-state index in [9.17, 15) is 131 Å². The number of aromatic carboxylic acids is 1. The molecular weight excluding hydrogens is 1520 g/mol. The number of alkyl carbamates (subject to hydrolysis) is 1. The number of ether oxygens (including phenoxy) is 2. The highest BCUT2D eigenvalue weighted by Gasteiger charge is 2.41. The second-order valence-electron chi connectivity index (χ2n) is 25.7. The van der Waals surface area contributed by atoms with Crippen LogP contribution in [-0.2, 0) is 109 Å². The quantitative estimate of drug-likeness (QED) is 0.0128. The van der Waals surface area contributed by atoms with Crippen LogP contribution in [0.2, 0.25) is 0 Å². The molecule has 45 heteroatoms. The number of para-hydroxylation sites is 1. The predicted molar refractivity (Wildman–Crippen MR) is 384 cm³/mol. The lowest BCUT2D eigenvalue weighted by molar-refractivity contribution is -0.156. The number of carbonyl (C=O) groups excluding carboxylic acids is 16. The molecule has 1 aliphatic heterocycles. The molecule has 1 aliphatic rings. The standard InChI is InChI=1S/C69H88N16O29/c1-31(20-51(91)92)55-66(108)83-45(22-47(87)37-12-7-8-13-38(37)70)68(111)114-33(3)56(85-63(105)44(26-54(97)98)82-62(104)41(23-48(72)88)80-58(100)39(71)21-34-15-17-36(18-16-34)67(109)110)65(107)75-28-49(89)77-40(14-9-19-73-69(112)113-30-35-10-5-4-6-11-35)60(102)81-43(25-53(95)96)61(103)76-32(2)57(99)79-42(24-52(93)94)59(101)74-27-50(90)78-46(29-86)64(106)84-55/h4-8,10-13,15-18,31-33,39-46,55-56,86H,9,14,19-30,70-71H2,1-3H3,(H2,72,88)(H,73,112)(H,74,101)(H,75,107)(H,76,103)(H,77,89)(H,78,90)(H,79,99)(H,80,100)(H,81,102)(H,82,104)(H,83,108)(H,84,106)(H,85,105)(H,91,92)(H,93,94)(H,95,96)(H,97,98)(H,109,110)/t31-,32-,33-,39+,40+,41-,42+,43+,44+,45+,46-,55+,56+/m1/s1. The van der Waals surface area contributed by atoms with Gasteiger partial charge >= 0.3 is 41.9 Å². The van der Waals surface area contributed by atoms with Crippen LogP contribution in [0.1, 0.15) is 104 Å². The number of aliphatic hydroxyl groups is 1. The molecule has 618 valence electrons. The van der Waals surface area contributed by atoms with Gasteiger partial charge in [-0.2, -0.15) is 0 Å². The summed E-state index contributed by atoms with van der Waals surface area (Å²) in [6, 6.07) is -4.79. The van der Waals surface area contributed by atoms with E-state index in [-0.39, 0.29) is 42.8 Å². The first-order valence-electron chi connectivity index (χ1n) is 34.6. The number of aliphatic carboxylic acids is 4. The number of Topliss-reactive ketones (excluding diaryl/α,β-unsaturated/α-hetero) is 1. The molecule has 1 fully saturated rings. The molecule has 14 amide bonds. The number of benzene rings is 3. The topological polar surface area (TPSA) is 733 Å².